The van der Waals surface area contributed by atoms with Gasteiger partial charge >= 0.3 is 0 Å². The predicted molar refractivity (Wildman–Crippen MR) is 77.1 cm³/mol. The molecule has 0 aromatic heterocycles. The van der Waals surface area contributed by atoms with E-state index < -0.39 is 0 Å². The zero-order valence-corrected chi connectivity index (χ0v) is 12.6. The molecule has 0 heterocycles. The molecule has 1 atom stereocenters. The van der Waals surface area contributed by atoms with Gasteiger partial charge in [-0.3, -0.25) is 4.79 Å². The van der Waals surface area contributed by atoms with Gasteiger partial charge in [-0.2, -0.15) is 11.8 Å². The number of hydrogen-bond donors (Lipinski definition) is 2. The van der Waals surface area contributed by atoms with Crippen molar-refractivity contribution in [2.75, 3.05) is 33.1 Å². The highest BCUT2D eigenvalue weighted by Gasteiger charge is 2.33. The van der Waals surface area contributed by atoms with Crippen molar-refractivity contribution in [1.29, 1.82) is 0 Å². The summed E-state index contributed by atoms with van der Waals surface area (Å²) in [5.74, 6) is 0.0568. The Bertz CT molecular complexity index is 255. The van der Waals surface area contributed by atoms with E-state index in [2.05, 4.69) is 16.9 Å². The van der Waals surface area contributed by atoms with Crippen LogP contribution in [-0.2, 0) is 9.53 Å². The highest BCUT2D eigenvalue weighted by molar-refractivity contribution is 8.00. The van der Waals surface area contributed by atoms with Gasteiger partial charge in [-0.05, 0) is 26.0 Å². The Labute approximate surface area is 115 Å². The predicted octanol–water partition coefficient (Wildman–Crippen LogP) is 1.40. The third kappa shape index (κ3) is 4.78. The van der Waals surface area contributed by atoms with Crippen molar-refractivity contribution in [2.24, 2.45) is 0 Å². The summed E-state index contributed by atoms with van der Waals surface area (Å²) in [7, 11) is 1.64. The van der Waals surface area contributed by atoms with Crippen molar-refractivity contribution >= 4 is 17.7 Å². The van der Waals surface area contributed by atoms with Crippen LogP contribution < -0.4 is 10.6 Å². The van der Waals surface area contributed by atoms with Crippen LogP contribution in [0, 0.1) is 0 Å². The molecular weight excluding hydrogens is 248 g/mol. The molecule has 1 fully saturated rings. The highest BCUT2D eigenvalue weighted by Crippen LogP contribution is 2.39. The number of rotatable bonds is 8. The van der Waals surface area contributed by atoms with Gasteiger partial charge in [0.1, 0.15) is 0 Å². The van der Waals surface area contributed by atoms with Crippen molar-refractivity contribution in [3.63, 3.8) is 0 Å². The number of thioether (sulfide) groups is 1. The van der Waals surface area contributed by atoms with E-state index in [0.717, 1.165) is 6.54 Å². The smallest absolute Gasteiger partial charge is 0.236 e. The molecule has 0 saturated heterocycles. The third-order valence-electron chi connectivity index (χ3n) is 3.68. The molecule has 0 aliphatic heterocycles. The molecule has 1 saturated carbocycles. The second-order valence-electron chi connectivity index (χ2n) is 4.98. The van der Waals surface area contributed by atoms with Crippen molar-refractivity contribution in [3.05, 3.63) is 0 Å². The van der Waals surface area contributed by atoms with Gasteiger partial charge in [-0.15, -0.1) is 0 Å². The lowest BCUT2D eigenvalue weighted by atomic mass is 10.1. The molecule has 0 spiro atoms. The first-order valence-electron chi connectivity index (χ1n) is 6.69. The molecule has 1 amide bonds. The van der Waals surface area contributed by atoms with Crippen LogP contribution in [0.4, 0.5) is 0 Å². The van der Waals surface area contributed by atoms with Gasteiger partial charge in [-0.1, -0.05) is 12.8 Å². The first-order valence-corrected chi connectivity index (χ1v) is 7.91. The maximum absolute atomic E-state index is 11.8. The fourth-order valence-corrected chi connectivity index (χ4v) is 3.26. The Morgan fingerprint density at radius 3 is 2.67 bits per heavy atom. The Morgan fingerprint density at radius 2 is 2.11 bits per heavy atom. The van der Waals surface area contributed by atoms with Crippen molar-refractivity contribution in [3.8, 4) is 0 Å². The largest absolute Gasteiger partial charge is 0.383 e. The van der Waals surface area contributed by atoms with Crippen molar-refractivity contribution in [2.45, 2.75) is 43.4 Å². The number of carbonyl (C=O) groups excluding carboxylic acids is 1. The topological polar surface area (TPSA) is 50.4 Å². The second-order valence-corrected chi connectivity index (χ2v) is 6.25. The Hall–Kier alpha value is -0.260. The molecule has 1 aliphatic carbocycles. The van der Waals surface area contributed by atoms with Crippen LogP contribution in [0.5, 0.6) is 0 Å². The molecule has 0 aromatic carbocycles. The van der Waals surface area contributed by atoms with Crippen LogP contribution in [0.3, 0.4) is 0 Å². The van der Waals surface area contributed by atoms with Crippen LogP contribution in [0.2, 0.25) is 0 Å². The number of carbonyl (C=O) groups is 1. The van der Waals surface area contributed by atoms with E-state index in [1.807, 2.05) is 18.7 Å². The van der Waals surface area contributed by atoms with Crippen LogP contribution >= 0.6 is 11.8 Å². The van der Waals surface area contributed by atoms with Gasteiger partial charge in [0.2, 0.25) is 5.91 Å². The van der Waals surface area contributed by atoms with Crippen LogP contribution in [0.15, 0.2) is 0 Å². The maximum Gasteiger partial charge on any atom is 0.236 e. The number of hydrogen-bond acceptors (Lipinski definition) is 4. The fourth-order valence-electron chi connectivity index (χ4n) is 2.33. The summed E-state index contributed by atoms with van der Waals surface area (Å²) in [5, 5.41) is 6.23. The molecule has 0 aromatic rings. The molecule has 106 valence electrons. The quantitative estimate of drug-likeness (QED) is 0.657. The molecular formula is C13H26N2O2S. The molecule has 5 heteroatoms. The van der Waals surface area contributed by atoms with Gasteiger partial charge in [0, 0.05) is 24.9 Å². The minimum atomic E-state index is -0.133. The molecule has 0 radical (unpaired) electrons. The number of ether oxygens (including phenoxy) is 1. The monoisotopic (exact) mass is 274 g/mol. The van der Waals surface area contributed by atoms with E-state index in [9.17, 15) is 4.79 Å². The lowest BCUT2D eigenvalue weighted by Crippen LogP contribution is -2.47. The average molecular weight is 274 g/mol. The van der Waals surface area contributed by atoms with E-state index in [1.165, 1.54) is 25.7 Å². The third-order valence-corrected chi connectivity index (χ3v) is 5.10. The van der Waals surface area contributed by atoms with Gasteiger partial charge in [0.15, 0.2) is 0 Å². The maximum atomic E-state index is 11.8. The number of nitrogens with one attached hydrogen (secondary N) is 2. The van der Waals surface area contributed by atoms with Gasteiger partial charge in [-0.25, -0.2) is 0 Å². The Kier molecular flexibility index (Phi) is 7.04. The summed E-state index contributed by atoms with van der Waals surface area (Å²) in [4.78, 5) is 11.8. The summed E-state index contributed by atoms with van der Waals surface area (Å²) >= 11 is 1.94. The minimum absolute atomic E-state index is 0.0568. The van der Waals surface area contributed by atoms with Gasteiger partial charge in [0.25, 0.3) is 0 Å². The molecule has 1 unspecified atom stereocenters. The lowest BCUT2D eigenvalue weighted by Gasteiger charge is -2.28. The van der Waals surface area contributed by atoms with E-state index in [4.69, 9.17) is 4.74 Å². The standard InChI is InChI=1S/C13H26N2O2S/c1-11(12(16)14-8-9-17-2)15-10-13(18-3)6-4-5-7-13/h11,15H,4-10H2,1-3H3,(H,14,16). The van der Waals surface area contributed by atoms with Crippen molar-refractivity contribution in [1.82, 2.24) is 10.6 Å². The highest BCUT2D eigenvalue weighted by atomic mass is 32.2. The van der Waals surface area contributed by atoms with Gasteiger partial charge < -0.3 is 15.4 Å². The first-order chi connectivity index (χ1) is 8.63. The van der Waals surface area contributed by atoms with E-state index >= 15 is 0 Å². The number of amides is 1. The zero-order chi connectivity index (χ0) is 13.4. The zero-order valence-electron chi connectivity index (χ0n) is 11.8. The van der Waals surface area contributed by atoms with E-state index in [-0.39, 0.29) is 11.9 Å². The number of methoxy groups -OCH3 is 1. The summed E-state index contributed by atoms with van der Waals surface area (Å²) in [6.45, 7) is 3.99. The first kappa shape index (κ1) is 15.8. The van der Waals surface area contributed by atoms with Gasteiger partial charge in [0.05, 0.1) is 12.6 Å². The molecule has 0 bridgehead atoms. The van der Waals surface area contributed by atoms with Crippen LogP contribution in [-0.4, -0.2) is 49.8 Å². The fraction of sp³-hybridized carbons (Fsp3) is 0.923. The van der Waals surface area contributed by atoms with Crippen molar-refractivity contribution < 1.29 is 9.53 Å². The van der Waals surface area contributed by atoms with Crippen LogP contribution in [0.25, 0.3) is 0 Å². The van der Waals surface area contributed by atoms with E-state index in [0.29, 0.717) is 17.9 Å². The normalized spacial score (nSPS) is 19.7. The molecule has 1 rings (SSSR count). The summed E-state index contributed by atoms with van der Waals surface area (Å²) in [6, 6.07) is -0.133. The van der Waals surface area contributed by atoms with Crippen LogP contribution in [0.1, 0.15) is 32.6 Å². The summed E-state index contributed by atoms with van der Waals surface area (Å²) in [6.07, 6.45) is 7.34. The minimum Gasteiger partial charge on any atom is -0.383 e. The molecule has 18 heavy (non-hydrogen) atoms. The SMILES string of the molecule is COCCNC(=O)C(C)NCC1(SC)CCCC1. The molecule has 1 aliphatic rings. The summed E-state index contributed by atoms with van der Waals surface area (Å²) < 4.78 is 5.26. The lowest BCUT2D eigenvalue weighted by molar-refractivity contribution is -0.122. The Balaban J connectivity index is 2.26. The van der Waals surface area contributed by atoms with E-state index in [1.54, 1.807) is 7.11 Å². The average Bonchev–Trinajstić information content (AvgIpc) is 2.85. The second kappa shape index (κ2) is 8.02. The Morgan fingerprint density at radius 1 is 1.44 bits per heavy atom. The summed E-state index contributed by atoms with van der Waals surface area (Å²) in [5.41, 5.74) is 0. The molecule has 2 N–H and O–H groups in total. The molecule has 4 nitrogen and oxygen atoms in total.